The molecule has 1 fully saturated rings. The van der Waals surface area contributed by atoms with Crippen molar-refractivity contribution in [3.05, 3.63) is 34.9 Å². The molecule has 0 aliphatic carbocycles. The number of hydrogen-bond acceptors (Lipinski definition) is 3. The van der Waals surface area contributed by atoms with Gasteiger partial charge in [-0.2, -0.15) is 0 Å². The Bertz CT molecular complexity index is 635. The highest BCUT2D eigenvalue weighted by molar-refractivity contribution is 6.38. The molecule has 1 aliphatic heterocycles. The zero-order chi connectivity index (χ0) is 17.9. The number of ketones is 1. The first-order chi connectivity index (χ1) is 11.2. The van der Waals surface area contributed by atoms with Gasteiger partial charge in [-0.3, -0.25) is 14.4 Å². The first-order valence-corrected chi connectivity index (χ1v) is 8.41. The minimum absolute atomic E-state index is 0.105. The number of halogens is 1. The summed E-state index contributed by atoms with van der Waals surface area (Å²) in [6.07, 6.45) is 0.671. The Labute approximate surface area is 147 Å². The molecule has 130 valence electrons. The van der Waals surface area contributed by atoms with Gasteiger partial charge in [0.15, 0.2) is 0 Å². The number of likely N-dealkylation sites (tertiary alicyclic amines) is 1. The zero-order valence-corrected chi connectivity index (χ0v) is 15.0. The number of nitrogens with zero attached hydrogens (tertiary/aromatic N) is 1. The van der Waals surface area contributed by atoms with Gasteiger partial charge in [0.05, 0.1) is 0 Å². The normalized spacial score (nSPS) is 17.9. The van der Waals surface area contributed by atoms with E-state index in [-0.39, 0.29) is 17.7 Å². The molecule has 1 heterocycles. The van der Waals surface area contributed by atoms with Crippen molar-refractivity contribution >= 4 is 29.2 Å². The molecule has 0 saturated carbocycles. The van der Waals surface area contributed by atoms with Crippen molar-refractivity contribution < 1.29 is 14.4 Å². The molecule has 1 aromatic rings. The molecule has 24 heavy (non-hydrogen) atoms. The van der Waals surface area contributed by atoms with Crippen molar-refractivity contribution in [1.29, 1.82) is 0 Å². The van der Waals surface area contributed by atoms with Crippen LogP contribution in [0.15, 0.2) is 24.3 Å². The first-order valence-electron chi connectivity index (χ1n) is 8.03. The fraction of sp³-hybridized carbons (Fsp3) is 0.500. The van der Waals surface area contributed by atoms with Crippen LogP contribution in [0.1, 0.15) is 39.2 Å². The van der Waals surface area contributed by atoms with Crippen LogP contribution in [-0.2, 0) is 20.9 Å². The maximum atomic E-state index is 12.4. The van der Waals surface area contributed by atoms with Crippen LogP contribution in [0, 0.1) is 5.41 Å². The smallest absolute Gasteiger partial charge is 0.289 e. The number of carbonyl (C=O) groups excluding carboxylic acids is 3. The van der Waals surface area contributed by atoms with Gasteiger partial charge >= 0.3 is 0 Å². The van der Waals surface area contributed by atoms with Crippen molar-refractivity contribution in [2.45, 2.75) is 46.2 Å². The molecule has 1 aromatic carbocycles. The molecule has 1 aliphatic rings. The molecule has 1 saturated heterocycles. The Balaban J connectivity index is 2.04. The van der Waals surface area contributed by atoms with Gasteiger partial charge in [0.2, 0.25) is 11.7 Å². The predicted octanol–water partition coefficient (Wildman–Crippen LogP) is 2.56. The fourth-order valence-electron chi connectivity index (χ4n) is 2.57. The number of carbonyl (C=O) groups is 3. The summed E-state index contributed by atoms with van der Waals surface area (Å²) in [6.45, 7) is 6.64. The van der Waals surface area contributed by atoms with E-state index < -0.39 is 17.7 Å². The summed E-state index contributed by atoms with van der Waals surface area (Å²) in [5, 5.41) is 3.27. The van der Waals surface area contributed by atoms with Crippen molar-refractivity contribution in [3.8, 4) is 0 Å². The lowest BCUT2D eigenvalue weighted by Crippen LogP contribution is -2.46. The molecule has 0 radical (unpaired) electrons. The Morgan fingerprint density at radius 3 is 2.46 bits per heavy atom. The zero-order valence-electron chi connectivity index (χ0n) is 14.3. The number of benzene rings is 1. The van der Waals surface area contributed by atoms with Gasteiger partial charge in [0, 0.05) is 24.5 Å². The van der Waals surface area contributed by atoms with Crippen LogP contribution in [0.5, 0.6) is 0 Å². The number of hydrogen-bond donors (Lipinski definition) is 1. The molecule has 1 unspecified atom stereocenters. The maximum absolute atomic E-state index is 12.4. The molecule has 0 bridgehead atoms. The van der Waals surface area contributed by atoms with Crippen LogP contribution >= 0.6 is 11.6 Å². The largest absolute Gasteiger partial charge is 0.349 e. The molecular weight excluding hydrogens is 328 g/mol. The second kappa shape index (κ2) is 7.34. The molecule has 0 aromatic heterocycles. The Morgan fingerprint density at radius 1 is 1.25 bits per heavy atom. The van der Waals surface area contributed by atoms with Gasteiger partial charge in [-0.25, -0.2) is 0 Å². The molecule has 6 heteroatoms. The van der Waals surface area contributed by atoms with Crippen molar-refractivity contribution in [3.63, 3.8) is 0 Å². The Hall–Kier alpha value is -1.88. The highest BCUT2D eigenvalue weighted by Gasteiger charge is 2.38. The van der Waals surface area contributed by atoms with Crippen molar-refractivity contribution in [2.75, 3.05) is 6.54 Å². The molecule has 0 spiro atoms. The third-order valence-electron chi connectivity index (χ3n) is 3.90. The van der Waals surface area contributed by atoms with Gasteiger partial charge in [-0.1, -0.05) is 44.5 Å². The lowest BCUT2D eigenvalue weighted by Gasteiger charge is -2.24. The minimum Gasteiger partial charge on any atom is -0.349 e. The van der Waals surface area contributed by atoms with E-state index in [1.54, 1.807) is 12.1 Å². The quantitative estimate of drug-likeness (QED) is 0.830. The number of rotatable bonds is 5. The van der Waals surface area contributed by atoms with E-state index in [1.165, 1.54) is 4.90 Å². The Morgan fingerprint density at radius 2 is 1.88 bits per heavy atom. The van der Waals surface area contributed by atoms with Crippen LogP contribution < -0.4 is 5.32 Å². The van der Waals surface area contributed by atoms with Gasteiger partial charge in [0.1, 0.15) is 6.04 Å². The summed E-state index contributed by atoms with van der Waals surface area (Å²) in [7, 11) is 0. The lowest BCUT2D eigenvalue weighted by atomic mass is 9.97. The van der Waals surface area contributed by atoms with Crippen LogP contribution in [0.4, 0.5) is 0 Å². The molecule has 1 N–H and O–H groups in total. The average molecular weight is 351 g/mol. The van der Waals surface area contributed by atoms with Crippen LogP contribution in [0.3, 0.4) is 0 Å². The lowest BCUT2D eigenvalue weighted by molar-refractivity contribution is -0.143. The summed E-state index contributed by atoms with van der Waals surface area (Å²) in [6, 6.07) is 6.42. The molecule has 1 atom stereocenters. The third-order valence-corrected chi connectivity index (χ3v) is 4.15. The highest BCUT2D eigenvalue weighted by Crippen LogP contribution is 2.23. The maximum Gasteiger partial charge on any atom is 0.289 e. The number of Topliss-reactive ketones (excluding diaryl/α,β-unsaturated/α-hetero) is 1. The summed E-state index contributed by atoms with van der Waals surface area (Å²) in [5.74, 6) is -1.27. The highest BCUT2D eigenvalue weighted by atomic mass is 35.5. The SMILES string of the molecule is CC(C)(C)CNC(=O)C(=O)C1CCC(=O)N1Cc1ccc(Cl)cc1. The van der Waals surface area contributed by atoms with Gasteiger partial charge in [-0.05, 0) is 29.5 Å². The topological polar surface area (TPSA) is 66.5 Å². The fourth-order valence-corrected chi connectivity index (χ4v) is 2.70. The van der Waals surface area contributed by atoms with Gasteiger partial charge in [0.25, 0.3) is 5.91 Å². The molecule has 2 rings (SSSR count). The average Bonchev–Trinajstić information content (AvgIpc) is 2.87. The third kappa shape index (κ3) is 4.81. The first kappa shape index (κ1) is 18.5. The van der Waals surface area contributed by atoms with Crippen LogP contribution in [0.25, 0.3) is 0 Å². The molecule has 5 nitrogen and oxygen atoms in total. The van der Waals surface area contributed by atoms with Crippen molar-refractivity contribution in [2.24, 2.45) is 5.41 Å². The second-order valence-electron chi connectivity index (χ2n) is 7.31. The minimum atomic E-state index is -0.687. The van der Waals surface area contributed by atoms with Gasteiger partial charge in [-0.15, -0.1) is 0 Å². The van der Waals surface area contributed by atoms with E-state index in [2.05, 4.69) is 5.32 Å². The van der Waals surface area contributed by atoms with Crippen LogP contribution in [0.2, 0.25) is 5.02 Å². The van der Waals surface area contributed by atoms with E-state index >= 15 is 0 Å². The summed E-state index contributed by atoms with van der Waals surface area (Å²) in [4.78, 5) is 38.1. The predicted molar refractivity (Wildman–Crippen MR) is 92.5 cm³/mol. The number of amides is 2. The van der Waals surface area contributed by atoms with E-state index in [0.717, 1.165) is 5.56 Å². The number of nitrogens with one attached hydrogen (secondary N) is 1. The van der Waals surface area contributed by atoms with Crippen LogP contribution in [-0.4, -0.2) is 35.1 Å². The molecule has 2 amide bonds. The standard InChI is InChI=1S/C18H23ClN2O3/c1-18(2,3)11-20-17(24)16(23)14-8-9-15(22)21(14)10-12-4-6-13(19)7-5-12/h4-7,14H,8-11H2,1-3H3,(H,20,24). The monoisotopic (exact) mass is 350 g/mol. The van der Waals surface area contributed by atoms with E-state index in [1.807, 2.05) is 32.9 Å². The summed E-state index contributed by atoms with van der Waals surface area (Å²) < 4.78 is 0. The Kier molecular flexibility index (Phi) is 5.65. The van der Waals surface area contributed by atoms with E-state index in [9.17, 15) is 14.4 Å². The van der Waals surface area contributed by atoms with E-state index in [4.69, 9.17) is 11.6 Å². The summed E-state index contributed by atoms with van der Waals surface area (Å²) in [5.41, 5.74) is 0.771. The molecular formula is C18H23ClN2O3. The summed E-state index contributed by atoms with van der Waals surface area (Å²) >= 11 is 5.86. The van der Waals surface area contributed by atoms with Gasteiger partial charge < -0.3 is 10.2 Å². The van der Waals surface area contributed by atoms with E-state index in [0.29, 0.717) is 24.5 Å². The second-order valence-corrected chi connectivity index (χ2v) is 7.75. The van der Waals surface area contributed by atoms with Crippen molar-refractivity contribution in [1.82, 2.24) is 10.2 Å².